The van der Waals surface area contributed by atoms with E-state index in [1.54, 1.807) is 0 Å². The Labute approximate surface area is 67.7 Å². The summed E-state index contributed by atoms with van der Waals surface area (Å²) < 4.78 is 8.55. The minimum atomic E-state index is -2.33. The van der Waals surface area contributed by atoms with E-state index in [9.17, 15) is 14.7 Å². The number of cyclic esters (lactones) is 2. The predicted octanol–water partition coefficient (Wildman–Crippen LogP) is -1.84. The summed E-state index contributed by atoms with van der Waals surface area (Å²) in [6.45, 7) is -0.980. The van der Waals surface area contributed by atoms with Gasteiger partial charge in [-0.2, -0.15) is 0 Å². The molecule has 0 radical (unpaired) electrons. The summed E-state index contributed by atoms with van der Waals surface area (Å²) in [5.74, 6) is -2.15. The Morgan fingerprint density at radius 3 is 2.25 bits per heavy atom. The molecule has 12 heavy (non-hydrogen) atoms. The van der Waals surface area contributed by atoms with E-state index in [0.717, 1.165) is 0 Å². The highest BCUT2D eigenvalue weighted by Crippen LogP contribution is 2.18. The van der Waals surface area contributed by atoms with Crippen LogP contribution in [-0.2, 0) is 19.1 Å². The van der Waals surface area contributed by atoms with E-state index >= 15 is 0 Å². The molecule has 0 spiro atoms. The van der Waals surface area contributed by atoms with Crippen LogP contribution in [0.2, 0.25) is 0 Å². The zero-order chi connectivity index (χ0) is 9.19. The fourth-order valence-corrected chi connectivity index (χ4v) is 0.825. The fraction of sp³-hybridized carbons (Fsp3) is 0.667. The van der Waals surface area contributed by atoms with Crippen molar-refractivity contribution in [3.05, 3.63) is 0 Å². The molecule has 1 saturated heterocycles. The number of carbonyl (C=O) groups is 2. The monoisotopic (exact) mass is 176 g/mol. The third-order valence-electron chi connectivity index (χ3n) is 1.53. The molecule has 0 bridgehead atoms. The van der Waals surface area contributed by atoms with Crippen molar-refractivity contribution < 1.29 is 29.3 Å². The van der Waals surface area contributed by atoms with E-state index in [1.807, 2.05) is 0 Å². The van der Waals surface area contributed by atoms with Crippen LogP contribution in [0.25, 0.3) is 0 Å². The minimum Gasteiger partial charge on any atom is -0.425 e. The van der Waals surface area contributed by atoms with Crippen LogP contribution >= 0.6 is 0 Å². The highest BCUT2D eigenvalue weighted by atomic mass is 16.7. The lowest BCUT2D eigenvalue weighted by atomic mass is 10.0. The van der Waals surface area contributed by atoms with Gasteiger partial charge in [-0.1, -0.05) is 0 Å². The van der Waals surface area contributed by atoms with E-state index in [2.05, 4.69) is 9.47 Å². The normalized spacial score (nSPS) is 21.5. The Morgan fingerprint density at radius 2 is 1.83 bits per heavy atom. The topological polar surface area (TPSA) is 93.1 Å². The van der Waals surface area contributed by atoms with Crippen molar-refractivity contribution >= 4 is 11.9 Å². The Hall–Kier alpha value is -1.14. The molecule has 1 aliphatic heterocycles. The standard InChI is InChI=1S/C6H8O6/c7-2-1-6(10)4(8)11-3-12-5(6)9/h7,10H,1-3H2. The van der Waals surface area contributed by atoms with Gasteiger partial charge < -0.3 is 19.7 Å². The molecule has 1 heterocycles. The molecule has 0 aromatic heterocycles. The highest BCUT2D eigenvalue weighted by molar-refractivity contribution is 6.04. The van der Waals surface area contributed by atoms with Gasteiger partial charge >= 0.3 is 11.9 Å². The van der Waals surface area contributed by atoms with E-state index in [4.69, 9.17) is 5.11 Å². The smallest absolute Gasteiger partial charge is 0.353 e. The predicted molar refractivity (Wildman–Crippen MR) is 33.7 cm³/mol. The molecule has 6 nitrogen and oxygen atoms in total. The lowest BCUT2D eigenvalue weighted by molar-refractivity contribution is -0.214. The average Bonchev–Trinajstić information content (AvgIpc) is 2.02. The third kappa shape index (κ3) is 1.26. The summed E-state index contributed by atoms with van der Waals surface area (Å²) in [6, 6.07) is 0. The molecule has 0 amide bonds. The number of esters is 2. The maximum absolute atomic E-state index is 10.8. The zero-order valence-electron chi connectivity index (χ0n) is 6.15. The Balaban J connectivity index is 2.80. The summed E-state index contributed by atoms with van der Waals surface area (Å²) in [7, 11) is 0. The van der Waals surface area contributed by atoms with Crippen LogP contribution in [-0.4, -0.2) is 41.2 Å². The number of rotatable bonds is 2. The Bertz CT molecular complexity index is 194. The van der Waals surface area contributed by atoms with Crippen molar-refractivity contribution in [3.8, 4) is 0 Å². The summed E-state index contributed by atoms with van der Waals surface area (Å²) in [4.78, 5) is 21.7. The van der Waals surface area contributed by atoms with Gasteiger partial charge in [0.05, 0.1) is 0 Å². The van der Waals surface area contributed by atoms with Gasteiger partial charge in [-0.25, -0.2) is 9.59 Å². The van der Waals surface area contributed by atoms with Crippen LogP contribution in [0.5, 0.6) is 0 Å². The number of hydrogen-bond donors (Lipinski definition) is 2. The van der Waals surface area contributed by atoms with Crippen LogP contribution in [0.3, 0.4) is 0 Å². The van der Waals surface area contributed by atoms with Crippen LogP contribution < -0.4 is 0 Å². The van der Waals surface area contributed by atoms with Gasteiger partial charge in [-0.3, -0.25) is 0 Å². The van der Waals surface area contributed by atoms with Crippen molar-refractivity contribution in [2.45, 2.75) is 12.0 Å². The Morgan fingerprint density at radius 1 is 1.33 bits per heavy atom. The van der Waals surface area contributed by atoms with E-state index in [0.29, 0.717) is 0 Å². The largest absolute Gasteiger partial charge is 0.425 e. The average molecular weight is 176 g/mol. The number of hydrogen-bond acceptors (Lipinski definition) is 6. The van der Waals surface area contributed by atoms with E-state index < -0.39 is 37.4 Å². The molecule has 1 aliphatic rings. The van der Waals surface area contributed by atoms with Crippen molar-refractivity contribution in [1.82, 2.24) is 0 Å². The highest BCUT2D eigenvalue weighted by Gasteiger charge is 2.49. The number of aliphatic hydroxyl groups excluding tert-OH is 1. The van der Waals surface area contributed by atoms with Gasteiger partial charge in [0.2, 0.25) is 6.79 Å². The molecule has 0 aliphatic carbocycles. The number of carbonyl (C=O) groups excluding carboxylic acids is 2. The first kappa shape index (κ1) is 8.95. The van der Waals surface area contributed by atoms with Gasteiger partial charge in [0.1, 0.15) is 0 Å². The first-order valence-electron chi connectivity index (χ1n) is 3.29. The fourth-order valence-electron chi connectivity index (χ4n) is 0.825. The third-order valence-corrected chi connectivity index (χ3v) is 1.53. The van der Waals surface area contributed by atoms with Crippen molar-refractivity contribution in [2.24, 2.45) is 0 Å². The molecule has 1 fully saturated rings. The molecular weight excluding hydrogens is 168 g/mol. The van der Waals surface area contributed by atoms with Gasteiger partial charge in [0.15, 0.2) is 0 Å². The second-order valence-electron chi connectivity index (χ2n) is 2.32. The first-order valence-corrected chi connectivity index (χ1v) is 3.29. The molecule has 0 aromatic rings. The minimum absolute atomic E-state index is 0.412. The van der Waals surface area contributed by atoms with Gasteiger partial charge in [0.25, 0.3) is 5.60 Å². The molecule has 0 saturated carbocycles. The first-order chi connectivity index (χ1) is 5.61. The SMILES string of the molecule is O=C1OCOC(=O)C1(O)CCO. The molecule has 0 unspecified atom stereocenters. The van der Waals surface area contributed by atoms with Crippen molar-refractivity contribution in [3.63, 3.8) is 0 Å². The second-order valence-corrected chi connectivity index (χ2v) is 2.32. The molecule has 68 valence electrons. The maximum atomic E-state index is 10.8. The second kappa shape index (κ2) is 3.08. The van der Waals surface area contributed by atoms with Crippen LogP contribution in [0.4, 0.5) is 0 Å². The molecule has 1 rings (SSSR count). The summed E-state index contributed by atoms with van der Waals surface area (Å²) >= 11 is 0. The van der Waals surface area contributed by atoms with Crippen LogP contribution in [0, 0.1) is 0 Å². The van der Waals surface area contributed by atoms with Gasteiger partial charge in [0, 0.05) is 13.0 Å². The summed E-state index contributed by atoms with van der Waals surface area (Å²) in [5.41, 5.74) is -2.33. The van der Waals surface area contributed by atoms with Crippen molar-refractivity contribution in [1.29, 1.82) is 0 Å². The molecule has 6 heteroatoms. The van der Waals surface area contributed by atoms with Gasteiger partial charge in [-0.05, 0) is 0 Å². The van der Waals surface area contributed by atoms with Gasteiger partial charge in [-0.15, -0.1) is 0 Å². The molecule has 0 atom stereocenters. The number of ether oxygens (including phenoxy) is 2. The Kier molecular flexibility index (Phi) is 2.30. The van der Waals surface area contributed by atoms with Crippen molar-refractivity contribution in [2.75, 3.05) is 13.4 Å². The lowest BCUT2D eigenvalue weighted by Crippen LogP contribution is -2.53. The number of aliphatic hydroxyl groups is 2. The molecule has 2 N–H and O–H groups in total. The van der Waals surface area contributed by atoms with Crippen LogP contribution in [0.15, 0.2) is 0 Å². The van der Waals surface area contributed by atoms with E-state index in [1.165, 1.54) is 0 Å². The maximum Gasteiger partial charge on any atom is 0.353 e. The summed E-state index contributed by atoms with van der Waals surface area (Å²) in [6.07, 6.45) is -0.412. The molecular formula is C6H8O6. The summed E-state index contributed by atoms with van der Waals surface area (Å²) in [5, 5.41) is 17.7. The van der Waals surface area contributed by atoms with E-state index in [-0.39, 0.29) is 0 Å². The zero-order valence-corrected chi connectivity index (χ0v) is 6.15. The lowest BCUT2D eigenvalue weighted by Gasteiger charge is -2.26. The molecule has 0 aromatic carbocycles. The quantitative estimate of drug-likeness (QED) is 0.379. The van der Waals surface area contributed by atoms with Crippen LogP contribution in [0.1, 0.15) is 6.42 Å².